The van der Waals surface area contributed by atoms with Gasteiger partial charge in [-0.15, -0.1) is 11.3 Å². The zero-order valence-electron chi connectivity index (χ0n) is 12.8. The first-order valence-electron chi connectivity index (χ1n) is 6.71. The Morgan fingerprint density at radius 2 is 2.00 bits per heavy atom. The van der Waals surface area contributed by atoms with Gasteiger partial charge < -0.3 is 4.74 Å². The fourth-order valence-corrected chi connectivity index (χ4v) is 3.15. The van der Waals surface area contributed by atoms with E-state index in [1.165, 1.54) is 22.0 Å². The van der Waals surface area contributed by atoms with Crippen molar-refractivity contribution in [3.8, 4) is 5.13 Å². The highest BCUT2D eigenvalue weighted by molar-refractivity contribution is 7.14. The summed E-state index contributed by atoms with van der Waals surface area (Å²) in [4.78, 5) is 29.8. The standard InChI is InChI=1S/C15H18N2O3S/c1-6-20-14(19)13-8(2)7-12(18)17(10(13)4)15-16-9(3)11(5)21-15/h7H,6H2,1-5H3. The largest absolute Gasteiger partial charge is 0.462 e. The van der Waals surface area contributed by atoms with Gasteiger partial charge in [0.2, 0.25) is 0 Å². The first-order chi connectivity index (χ1) is 9.86. The average molecular weight is 306 g/mol. The Balaban J connectivity index is 2.70. The molecule has 0 N–H and O–H groups in total. The van der Waals surface area contributed by atoms with Crippen molar-refractivity contribution < 1.29 is 9.53 Å². The van der Waals surface area contributed by atoms with Crippen molar-refractivity contribution in [1.29, 1.82) is 0 Å². The van der Waals surface area contributed by atoms with Gasteiger partial charge >= 0.3 is 5.97 Å². The number of thiazole rings is 1. The molecule has 0 fully saturated rings. The van der Waals surface area contributed by atoms with Crippen molar-refractivity contribution in [3.63, 3.8) is 0 Å². The second kappa shape index (κ2) is 5.81. The van der Waals surface area contributed by atoms with E-state index in [1.54, 1.807) is 20.8 Å². The minimum atomic E-state index is -0.411. The van der Waals surface area contributed by atoms with Crippen molar-refractivity contribution in [3.05, 3.63) is 43.8 Å². The minimum Gasteiger partial charge on any atom is -0.462 e. The van der Waals surface area contributed by atoms with E-state index in [4.69, 9.17) is 4.74 Å². The summed E-state index contributed by atoms with van der Waals surface area (Å²) in [5.74, 6) is -0.411. The molecule has 0 saturated carbocycles. The first-order valence-corrected chi connectivity index (χ1v) is 7.53. The Morgan fingerprint density at radius 1 is 1.33 bits per heavy atom. The van der Waals surface area contributed by atoms with Gasteiger partial charge in [-0.2, -0.15) is 0 Å². The molecule has 2 rings (SSSR count). The summed E-state index contributed by atoms with van der Waals surface area (Å²) in [5, 5.41) is 0.582. The van der Waals surface area contributed by atoms with Gasteiger partial charge in [0, 0.05) is 16.6 Å². The summed E-state index contributed by atoms with van der Waals surface area (Å²) >= 11 is 1.44. The van der Waals surface area contributed by atoms with Crippen LogP contribution < -0.4 is 5.56 Å². The summed E-state index contributed by atoms with van der Waals surface area (Å²) in [6, 6.07) is 1.45. The van der Waals surface area contributed by atoms with E-state index in [0.29, 0.717) is 28.6 Å². The van der Waals surface area contributed by atoms with Crippen LogP contribution in [-0.4, -0.2) is 22.1 Å². The lowest BCUT2D eigenvalue weighted by atomic mass is 10.1. The van der Waals surface area contributed by atoms with Gasteiger partial charge in [-0.25, -0.2) is 9.78 Å². The number of hydrogen-bond donors (Lipinski definition) is 0. The molecular formula is C15H18N2O3S. The van der Waals surface area contributed by atoms with E-state index in [0.717, 1.165) is 10.6 Å². The van der Waals surface area contributed by atoms with Crippen LogP contribution in [0.1, 0.15) is 39.1 Å². The Labute approximate surface area is 127 Å². The van der Waals surface area contributed by atoms with Gasteiger partial charge in [-0.1, -0.05) is 0 Å². The number of aryl methyl sites for hydroxylation is 3. The van der Waals surface area contributed by atoms with Crippen LogP contribution in [0.15, 0.2) is 10.9 Å². The molecule has 112 valence electrons. The van der Waals surface area contributed by atoms with E-state index in [-0.39, 0.29) is 5.56 Å². The molecule has 0 atom stereocenters. The van der Waals surface area contributed by atoms with Crippen molar-refractivity contribution in [2.24, 2.45) is 0 Å². The average Bonchev–Trinajstić information content (AvgIpc) is 2.68. The fourth-order valence-electron chi connectivity index (χ4n) is 2.19. The third-order valence-electron chi connectivity index (χ3n) is 3.34. The molecule has 5 nitrogen and oxygen atoms in total. The smallest absolute Gasteiger partial charge is 0.340 e. The van der Waals surface area contributed by atoms with E-state index in [1.807, 2.05) is 13.8 Å². The van der Waals surface area contributed by atoms with E-state index < -0.39 is 5.97 Å². The Bertz CT molecular complexity index is 740. The third kappa shape index (κ3) is 2.76. The quantitative estimate of drug-likeness (QED) is 0.818. The van der Waals surface area contributed by atoms with Gasteiger partial charge in [0.1, 0.15) is 0 Å². The zero-order valence-corrected chi connectivity index (χ0v) is 13.6. The van der Waals surface area contributed by atoms with Crippen LogP contribution in [0.5, 0.6) is 0 Å². The van der Waals surface area contributed by atoms with Crippen molar-refractivity contribution in [1.82, 2.24) is 9.55 Å². The molecule has 6 heteroatoms. The van der Waals surface area contributed by atoms with E-state index in [9.17, 15) is 9.59 Å². The molecule has 0 aliphatic rings. The lowest BCUT2D eigenvalue weighted by Crippen LogP contribution is -2.24. The number of esters is 1. The second-order valence-corrected chi connectivity index (χ2v) is 6.00. The lowest BCUT2D eigenvalue weighted by molar-refractivity contribution is 0.0523. The summed E-state index contributed by atoms with van der Waals surface area (Å²) in [7, 11) is 0. The van der Waals surface area contributed by atoms with Gasteiger partial charge in [0.05, 0.1) is 17.9 Å². The number of ether oxygens (including phenoxy) is 1. The molecule has 2 heterocycles. The van der Waals surface area contributed by atoms with E-state index in [2.05, 4.69) is 4.98 Å². The zero-order chi connectivity index (χ0) is 15.7. The second-order valence-electron chi connectivity index (χ2n) is 4.82. The predicted molar refractivity (Wildman–Crippen MR) is 82.6 cm³/mol. The molecule has 2 aromatic heterocycles. The topological polar surface area (TPSA) is 61.2 Å². The van der Waals surface area contributed by atoms with E-state index >= 15 is 0 Å². The molecule has 0 radical (unpaired) electrons. The van der Waals surface area contributed by atoms with Crippen molar-refractivity contribution >= 4 is 17.3 Å². The molecule has 0 spiro atoms. The molecular weight excluding hydrogens is 288 g/mol. The maximum Gasteiger partial charge on any atom is 0.340 e. The van der Waals surface area contributed by atoms with Crippen molar-refractivity contribution in [2.45, 2.75) is 34.6 Å². The summed E-state index contributed by atoms with van der Waals surface area (Å²) < 4.78 is 6.55. The van der Waals surface area contributed by atoms with Gasteiger partial charge in [-0.3, -0.25) is 9.36 Å². The highest BCUT2D eigenvalue weighted by Gasteiger charge is 2.20. The molecule has 0 saturated heterocycles. The summed E-state index contributed by atoms with van der Waals surface area (Å²) in [5.41, 5.74) is 2.32. The third-order valence-corrected chi connectivity index (χ3v) is 4.40. The monoisotopic (exact) mass is 306 g/mol. The van der Waals surface area contributed by atoms with Crippen LogP contribution in [0.3, 0.4) is 0 Å². The molecule has 0 aromatic carbocycles. The molecule has 21 heavy (non-hydrogen) atoms. The van der Waals surface area contributed by atoms with Gasteiger partial charge in [0.15, 0.2) is 5.13 Å². The Kier molecular flexibility index (Phi) is 4.27. The number of carbonyl (C=O) groups is 1. The normalized spacial score (nSPS) is 10.7. The lowest BCUT2D eigenvalue weighted by Gasteiger charge is -2.13. The van der Waals surface area contributed by atoms with Crippen LogP contribution in [-0.2, 0) is 4.74 Å². The fraction of sp³-hybridized carbons (Fsp3) is 0.400. The van der Waals surface area contributed by atoms with Crippen LogP contribution in [0, 0.1) is 27.7 Å². The SMILES string of the molecule is CCOC(=O)c1c(C)cc(=O)n(-c2nc(C)c(C)s2)c1C. The molecule has 0 unspecified atom stereocenters. The highest BCUT2D eigenvalue weighted by Crippen LogP contribution is 2.22. The van der Waals surface area contributed by atoms with Gasteiger partial charge in [0.25, 0.3) is 5.56 Å². The number of nitrogens with zero attached hydrogens (tertiary/aromatic N) is 2. The molecule has 0 amide bonds. The minimum absolute atomic E-state index is 0.188. The first kappa shape index (κ1) is 15.4. The number of pyridine rings is 1. The number of hydrogen-bond acceptors (Lipinski definition) is 5. The summed E-state index contributed by atoms with van der Waals surface area (Å²) in [6.07, 6.45) is 0. The maximum atomic E-state index is 12.3. The molecule has 0 bridgehead atoms. The molecule has 0 aliphatic heterocycles. The molecule has 2 aromatic rings. The van der Waals surface area contributed by atoms with Crippen LogP contribution >= 0.6 is 11.3 Å². The van der Waals surface area contributed by atoms with Gasteiger partial charge in [-0.05, 0) is 40.2 Å². The maximum absolute atomic E-state index is 12.3. The summed E-state index contributed by atoms with van der Waals surface area (Å²) in [6.45, 7) is 9.39. The number of carbonyl (C=O) groups excluding carboxylic acids is 1. The van der Waals surface area contributed by atoms with Crippen molar-refractivity contribution in [2.75, 3.05) is 6.61 Å². The highest BCUT2D eigenvalue weighted by atomic mass is 32.1. The predicted octanol–water partition coefficient (Wildman–Crippen LogP) is 2.70. The number of rotatable bonds is 3. The van der Waals surface area contributed by atoms with Crippen LogP contribution in [0.2, 0.25) is 0 Å². The number of aromatic nitrogens is 2. The van der Waals surface area contributed by atoms with Crippen LogP contribution in [0.25, 0.3) is 5.13 Å². The Hall–Kier alpha value is -1.95. The van der Waals surface area contributed by atoms with Crippen LogP contribution in [0.4, 0.5) is 0 Å². The Morgan fingerprint density at radius 3 is 2.52 bits per heavy atom. The molecule has 0 aliphatic carbocycles.